The van der Waals surface area contributed by atoms with Gasteiger partial charge in [0.2, 0.25) is 0 Å². The van der Waals surface area contributed by atoms with E-state index in [1.165, 1.54) is 31.7 Å². The van der Waals surface area contributed by atoms with Crippen molar-refractivity contribution in [2.24, 2.45) is 0 Å². The van der Waals surface area contributed by atoms with Crippen LogP contribution in [0, 0.1) is 0 Å². The molecule has 1 aromatic heterocycles. The highest BCUT2D eigenvalue weighted by Gasteiger charge is 2.07. The highest BCUT2D eigenvalue weighted by atomic mass is 32.1. The summed E-state index contributed by atoms with van der Waals surface area (Å²) < 4.78 is 1.32. The summed E-state index contributed by atoms with van der Waals surface area (Å²) in [4.78, 5) is 1.29. The molecule has 1 heterocycles. The van der Waals surface area contributed by atoms with E-state index in [0.717, 1.165) is 0 Å². The van der Waals surface area contributed by atoms with Crippen LogP contribution in [0.5, 0.6) is 0 Å². The van der Waals surface area contributed by atoms with Gasteiger partial charge in [-0.2, -0.15) is 0 Å². The fourth-order valence-corrected chi connectivity index (χ4v) is 3.96. The standard InChI is InChI=1S/C24H18S/c1-3-9-19(10-4-1)15-17-22-21-13-7-8-14-23(21)25-24(22)18-16-20-11-5-2-6-12-20/h1-18H/b17-15+,18-16+. The van der Waals surface area contributed by atoms with Crippen molar-refractivity contribution in [1.29, 1.82) is 0 Å². The van der Waals surface area contributed by atoms with Gasteiger partial charge in [0.15, 0.2) is 0 Å². The molecule has 4 rings (SSSR count). The number of thiophene rings is 1. The summed E-state index contributed by atoms with van der Waals surface area (Å²) in [5.74, 6) is 0. The molecule has 0 atom stereocenters. The van der Waals surface area contributed by atoms with Crippen LogP contribution in [0.2, 0.25) is 0 Å². The molecule has 0 amide bonds. The van der Waals surface area contributed by atoms with Crippen molar-refractivity contribution in [1.82, 2.24) is 0 Å². The van der Waals surface area contributed by atoms with Crippen LogP contribution in [0.3, 0.4) is 0 Å². The van der Waals surface area contributed by atoms with Crippen LogP contribution >= 0.6 is 11.3 Å². The van der Waals surface area contributed by atoms with Gasteiger partial charge in [0.25, 0.3) is 0 Å². The van der Waals surface area contributed by atoms with E-state index in [1.54, 1.807) is 0 Å². The molecule has 0 N–H and O–H groups in total. The monoisotopic (exact) mass is 338 g/mol. The van der Waals surface area contributed by atoms with Crippen LogP contribution in [-0.4, -0.2) is 0 Å². The Bertz CT molecular complexity index is 1020. The van der Waals surface area contributed by atoms with Gasteiger partial charge in [-0.05, 0) is 23.3 Å². The molecule has 4 aromatic rings. The van der Waals surface area contributed by atoms with Crippen molar-refractivity contribution in [2.75, 3.05) is 0 Å². The molecule has 0 unspecified atom stereocenters. The molecule has 0 saturated heterocycles. The zero-order chi connectivity index (χ0) is 16.9. The summed E-state index contributed by atoms with van der Waals surface area (Å²) in [5.41, 5.74) is 3.73. The predicted octanol–water partition coefficient (Wildman–Crippen LogP) is 7.24. The van der Waals surface area contributed by atoms with Crippen LogP contribution in [0.25, 0.3) is 34.4 Å². The molecule has 0 aliphatic carbocycles. The van der Waals surface area contributed by atoms with Crippen LogP contribution in [0.1, 0.15) is 21.6 Å². The number of hydrogen-bond acceptors (Lipinski definition) is 1. The Hall–Kier alpha value is -2.90. The van der Waals surface area contributed by atoms with Gasteiger partial charge in [-0.3, -0.25) is 0 Å². The van der Waals surface area contributed by atoms with E-state index in [4.69, 9.17) is 0 Å². The Balaban J connectivity index is 1.76. The van der Waals surface area contributed by atoms with E-state index in [0.29, 0.717) is 0 Å². The van der Waals surface area contributed by atoms with E-state index in [2.05, 4.69) is 97.1 Å². The second-order valence-electron chi connectivity index (χ2n) is 5.86. The molecule has 25 heavy (non-hydrogen) atoms. The minimum Gasteiger partial charge on any atom is -0.135 e. The first kappa shape index (κ1) is 15.6. The molecule has 1 heteroatoms. The average molecular weight is 338 g/mol. The molecular formula is C24H18S. The highest BCUT2D eigenvalue weighted by Crippen LogP contribution is 2.34. The van der Waals surface area contributed by atoms with Crippen molar-refractivity contribution in [2.45, 2.75) is 0 Å². The molecule has 0 saturated carbocycles. The van der Waals surface area contributed by atoms with Crippen molar-refractivity contribution < 1.29 is 0 Å². The first-order valence-electron chi connectivity index (χ1n) is 8.38. The van der Waals surface area contributed by atoms with Crippen molar-refractivity contribution in [3.63, 3.8) is 0 Å². The Morgan fingerprint density at radius 3 is 1.76 bits per heavy atom. The van der Waals surface area contributed by atoms with Gasteiger partial charge < -0.3 is 0 Å². The number of hydrogen-bond donors (Lipinski definition) is 0. The van der Waals surface area contributed by atoms with Crippen LogP contribution in [0.15, 0.2) is 84.9 Å². The average Bonchev–Trinajstić information content (AvgIpc) is 3.04. The van der Waals surface area contributed by atoms with Crippen molar-refractivity contribution >= 4 is 45.7 Å². The quantitative estimate of drug-likeness (QED) is 0.368. The lowest BCUT2D eigenvalue weighted by atomic mass is 10.1. The minimum atomic E-state index is 1.22. The van der Waals surface area contributed by atoms with Crippen LogP contribution in [0.4, 0.5) is 0 Å². The Morgan fingerprint density at radius 2 is 1.08 bits per heavy atom. The van der Waals surface area contributed by atoms with Crippen LogP contribution < -0.4 is 0 Å². The molecule has 0 bridgehead atoms. The van der Waals surface area contributed by atoms with Gasteiger partial charge >= 0.3 is 0 Å². The molecule has 0 nitrogen and oxygen atoms in total. The van der Waals surface area contributed by atoms with Gasteiger partial charge in [0.1, 0.15) is 0 Å². The minimum absolute atomic E-state index is 1.22. The summed E-state index contributed by atoms with van der Waals surface area (Å²) >= 11 is 1.84. The summed E-state index contributed by atoms with van der Waals surface area (Å²) in [5, 5.41) is 1.31. The zero-order valence-electron chi connectivity index (χ0n) is 13.8. The summed E-state index contributed by atoms with van der Waals surface area (Å²) in [6, 6.07) is 29.5. The molecule has 0 radical (unpaired) electrons. The highest BCUT2D eigenvalue weighted by molar-refractivity contribution is 7.20. The first-order chi connectivity index (χ1) is 12.4. The number of rotatable bonds is 4. The normalized spacial score (nSPS) is 11.7. The second-order valence-corrected chi connectivity index (χ2v) is 6.95. The lowest BCUT2D eigenvalue weighted by molar-refractivity contribution is 1.66. The smallest absolute Gasteiger partial charge is 0.0355 e. The third-order valence-electron chi connectivity index (χ3n) is 4.13. The lowest BCUT2D eigenvalue weighted by Gasteiger charge is -1.97. The Morgan fingerprint density at radius 1 is 0.520 bits per heavy atom. The van der Waals surface area contributed by atoms with E-state index >= 15 is 0 Å². The van der Waals surface area contributed by atoms with Crippen LogP contribution in [-0.2, 0) is 0 Å². The molecule has 120 valence electrons. The second kappa shape index (κ2) is 7.33. The van der Waals surface area contributed by atoms with Gasteiger partial charge in [-0.25, -0.2) is 0 Å². The van der Waals surface area contributed by atoms with Crippen molar-refractivity contribution in [3.8, 4) is 0 Å². The predicted molar refractivity (Wildman–Crippen MR) is 113 cm³/mol. The Labute approximate surface area is 152 Å². The summed E-state index contributed by atoms with van der Waals surface area (Å²) in [6.45, 7) is 0. The fraction of sp³-hybridized carbons (Fsp3) is 0. The molecule has 3 aromatic carbocycles. The van der Waals surface area contributed by atoms with E-state index in [1.807, 2.05) is 23.5 Å². The summed E-state index contributed by atoms with van der Waals surface area (Å²) in [6.07, 6.45) is 8.84. The zero-order valence-corrected chi connectivity index (χ0v) is 14.6. The maximum Gasteiger partial charge on any atom is 0.0355 e. The van der Waals surface area contributed by atoms with E-state index < -0.39 is 0 Å². The third-order valence-corrected chi connectivity index (χ3v) is 5.28. The molecule has 0 aliphatic rings. The summed E-state index contributed by atoms with van der Waals surface area (Å²) in [7, 11) is 0. The topological polar surface area (TPSA) is 0 Å². The molecular weight excluding hydrogens is 320 g/mol. The van der Waals surface area contributed by atoms with Gasteiger partial charge in [0, 0.05) is 20.5 Å². The first-order valence-corrected chi connectivity index (χ1v) is 9.19. The van der Waals surface area contributed by atoms with Crippen molar-refractivity contribution in [3.05, 3.63) is 106 Å². The fourth-order valence-electron chi connectivity index (χ4n) is 2.86. The molecule has 0 fully saturated rings. The van der Waals surface area contributed by atoms with Gasteiger partial charge in [-0.15, -0.1) is 11.3 Å². The SMILES string of the molecule is C(=C\c1sc2ccccc2c1/C=C/c1ccccc1)/c1ccccc1. The Kier molecular flexibility index (Phi) is 4.58. The molecule has 0 aliphatic heterocycles. The largest absolute Gasteiger partial charge is 0.135 e. The van der Waals surface area contributed by atoms with Gasteiger partial charge in [0.05, 0.1) is 0 Å². The number of benzene rings is 3. The van der Waals surface area contributed by atoms with E-state index in [9.17, 15) is 0 Å². The molecule has 0 spiro atoms. The maximum absolute atomic E-state index is 2.23. The lowest BCUT2D eigenvalue weighted by Crippen LogP contribution is -1.75. The maximum atomic E-state index is 2.23. The van der Waals surface area contributed by atoms with E-state index in [-0.39, 0.29) is 0 Å². The van der Waals surface area contributed by atoms with Gasteiger partial charge in [-0.1, -0.05) is 97.1 Å². The third kappa shape index (κ3) is 3.62. The number of fused-ring (bicyclic) bond motifs is 1.